The first-order chi connectivity index (χ1) is 8.58. The highest BCUT2D eigenvalue weighted by Crippen LogP contribution is 2.17. The molecule has 0 aromatic heterocycles. The molecule has 0 aliphatic heterocycles. The number of hydrogen-bond donors (Lipinski definition) is 2. The number of hydrogen-bond acceptors (Lipinski definition) is 4. The number of esters is 1. The van der Waals surface area contributed by atoms with Gasteiger partial charge in [0.1, 0.15) is 0 Å². The van der Waals surface area contributed by atoms with Gasteiger partial charge in [-0.15, -0.1) is 0 Å². The summed E-state index contributed by atoms with van der Waals surface area (Å²) in [4.78, 5) is 23.0. The lowest BCUT2D eigenvalue weighted by molar-refractivity contribution is -0.116. The molecular weight excluding hydrogens is 232 g/mol. The van der Waals surface area contributed by atoms with Crippen LogP contribution in [0.15, 0.2) is 18.2 Å². The van der Waals surface area contributed by atoms with Crippen LogP contribution in [-0.4, -0.2) is 32.6 Å². The van der Waals surface area contributed by atoms with Crippen LogP contribution in [0.25, 0.3) is 0 Å². The Morgan fingerprint density at radius 2 is 2.06 bits per heavy atom. The zero-order valence-electron chi connectivity index (χ0n) is 10.9. The van der Waals surface area contributed by atoms with Crippen LogP contribution < -0.4 is 10.6 Å². The number of methoxy groups -OCH3 is 1. The molecule has 0 heterocycles. The van der Waals surface area contributed by atoms with Gasteiger partial charge in [0.25, 0.3) is 0 Å². The topological polar surface area (TPSA) is 67.4 Å². The first-order valence-electron chi connectivity index (χ1n) is 5.72. The van der Waals surface area contributed by atoms with Crippen LogP contribution in [0.4, 0.5) is 5.69 Å². The maximum Gasteiger partial charge on any atom is 0.337 e. The number of aryl methyl sites for hydroxylation is 1. The maximum absolute atomic E-state index is 11.6. The smallest absolute Gasteiger partial charge is 0.337 e. The molecule has 1 rings (SSSR count). The van der Waals surface area contributed by atoms with E-state index in [1.54, 1.807) is 25.2 Å². The van der Waals surface area contributed by atoms with E-state index in [1.165, 1.54) is 7.11 Å². The van der Waals surface area contributed by atoms with Crippen molar-refractivity contribution in [2.75, 3.05) is 26.0 Å². The molecule has 0 aliphatic rings. The molecule has 1 aromatic rings. The monoisotopic (exact) mass is 250 g/mol. The third-order valence-electron chi connectivity index (χ3n) is 2.53. The Labute approximate surface area is 107 Å². The Morgan fingerprint density at radius 1 is 1.33 bits per heavy atom. The lowest BCUT2D eigenvalue weighted by Gasteiger charge is -2.09. The summed E-state index contributed by atoms with van der Waals surface area (Å²) in [6.45, 7) is 2.48. The van der Waals surface area contributed by atoms with E-state index >= 15 is 0 Å². The summed E-state index contributed by atoms with van der Waals surface area (Å²) in [5.41, 5.74) is 1.96. The number of carbonyl (C=O) groups is 2. The third kappa shape index (κ3) is 3.85. The number of ether oxygens (including phenoxy) is 1. The molecule has 0 spiro atoms. The number of nitrogens with one attached hydrogen (secondary N) is 2. The van der Waals surface area contributed by atoms with Crippen LogP contribution >= 0.6 is 0 Å². The van der Waals surface area contributed by atoms with Crippen LogP contribution in [0.1, 0.15) is 22.3 Å². The fourth-order valence-electron chi connectivity index (χ4n) is 1.45. The first-order valence-corrected chi connectivity index (χ1v) is 5.72. The van der Waals surface area contributed by atoms with Crippen molar-refractivity contribution in [1.29, 1.82) is 0 Å². The molecule has 1 amide bonds. The van der Waals surface area contributed by atoms with Crippen molar-refractivity contribution in [2.24, 2.45) is 0 Å². The lowest BCUT2D eigenvalue weighted by Crippen LogP contribution is -2.19. The van der Waals surface area contributed by atoms with Gasteiger partial charge in [0, 0.05) is 18.7 Å². The highest BCUT2D eigenvalue weighted by molar-refractivity contribution is 5.95. The Morgan fingerprint density at radius 3 is 2.67 bits per heavy atom. The molecule has 18 heavy (non-hydrogen) atoms. The molecule has 0 saturated heterocycles. The summed E-state index contributed by atoms with van der Waals surface area (Å²) in [5.74, 6) is -0.504. The van der Waals surface area contributed by atoms with Crippen molar-refractivity contribution in [3.63, 3.8) is 0 Å². The van der Waals surface area contributed by atoms with Crippen molar-refractivity contribution >= 4 is 17.6 Å². The van der Waals surface area contributed by atoms with E-state index < -0.39 is 5.97 Å². The molecule has 0 bridgehead atoms. The predicted molar refractivity (Wildman–Crippen MR) is 69.7 cm³/mol. The van der Waals surface area contributed by atoms with Gasteiger partial charge in [0.15, 0.2) is 0 Å². The quantitative estimate of drug-likeness (QED) is 0.774. The first kappa shape index (κ1) is 14.2. The molecule has 0 unspecified atom stereocenters. The lowest BCUT2D eigenvalue weighted by atomic mass is 10.1. The van der Waals surface area contributed by atoms with Gasteiger partial charge in [-0.2, -0.15) is 0 Å². The van der Waals surface area contributed by atoms with Gasteiger partial charge in [-0.25, -0.2) is 4.79 Å². The Hall–Kier alpha value is -1.88. The molecule has 0 saturated carbocycles. The van der Waals surface area contributed by atoms with E-state index in [9.17, 15) is 9.59 Å². The molecule has 0 fully saturated rings. The highest BCUT2D eigenvalue weighted by atomic mass is 16.5. The summed E-state index contributed by atoms with van der Waals surface area (Å²) in [6.07, 6.45) is 0.387. The fraction of sp³-hybridized carbons (Fsp3) is 0.385. The normalized spacial score (nSPS) is 9.94. The van der Waals surface area contributed by atoms with E-state index in [1.807, 2.05) is 6.92 Å². The second-order valence-electron chi connectivity index (χ2n) is 3.92. The molecule has 5 nitrogen and oxygen atoms in total. The van der Waals surface area contributed by atoms with Gasteiger partial charge in [0.2, 0.25) is 5.91 Å². The van der Waals surface area contributed by atoms with Gasteiger partial charge in [-0.3, -0.25) is 4.79 Å². The van der Waals surface area contributed by atoms with Gasteiger partial charge < -0.3 is 15.4 Å². The molecule has 1 aromatic carbocycles. The summed E-state index contributed by atoms with van der Waals surface area (Å²) in [6, 6.07) is 5.07. The fourth-order valence-corrected chi connectivity index (χ4v) is 1.45. The Kier molecular flexibility index (Phi) is 5.32. The van der Waals surface area contributed by atoms with Crippen LogP contribution in [0.2, 0.25) is 0 Å². The maximum atomic E-state index is 11.6. The number of benzene rings is 1. The van der Waals surface area contributed by atoms with Crippen LogP contribution in [0, 0.1) is 6.92 Å². The van der Waals surface area contributed by atoms with E-state index in [-0.39, 0.29) is 5.91 Å². The van der Waals surface area contributed by atoms with Gasteiger partial charge in [0.05, 0.1) is 12.7 Å². The molecule has 0 radical (unpaired) electrons. The zero-order valence-corrected chi connectivity index (χ0v) is 10.9. The molecule has 5 heteroatoms. The summed E-state index contributed by atoms with van der Waals surface area (Å²) >= 11 is 0. The predicted octanol–water partition coefficient (Wildman–Crippen LogP) is 1.33. The average Bonchev–Trinajstić information content (AvgIpc) is 2.38. The largest absolute Gasteiger partial charge is 0.465 e. The molecule has 0 aliphatic carbocycles. The second-order valence-corrected chi connectivity index (χ2v) is 3.92. The van der Waals surface area contributed by atoms with E-state index in [0.717, 1.165) is 5.56 Å². The van der Waals surface area contributed by atoms with Gasteiger partial charge >= 0.3 is 5.97 Å². The Bertz CT molecular complexity index is 444. The SMILES string of the molecule is CNCCC(=O)Nc1cc(C(=O)OC)ccc1C. The van der Waals surface area contributed by atoms with Crippen LogP contribution in [0.3, 0.4) is 0 Å². The van der Waals surface area contributed by atoms with E-state index in [2.05, 4.69) is 15.4 Å². The number of carbonyl (C=O) groups excluding carboxylic acids is 2. The minimum Gasteiger partial charge on any atom is -0.465 e. The Balaban J connectivity index is 2.81. The van der Waals surface area contributed by atoms with Gasteiger partial charge in [-0.05, 0) is 31.7 Å². The minimum atomic E-state index is -0.416. The number of rotatable bonds is 5. The third-order valence-corrected chi connectivity index (χ3v) is 2.53. The molecule has 2 N–H and O–H groups in total. The summed E-state index contributed by atoms with van der Waals surface area (Å²) in [7, 11) is 3.11. The molecule has 98 valence electrons. The van der Waals surface area contributed by atoms with Crippen molar-refractivity contribution in [2.45, 2.75) is 13.3 Å². The average molecular weight is 250 g/mol. The van der Waals surface area contributed by atoms with Crippen molar-refractivity contribution in [3.05, 3.63) is 29.3 Å². The van der Waals surface area contributed by atoms with Crippen LogP contribution in [-0.2, 0) is 9.53 Å². The summed E-state index contributed by atoms with van der Waals surface area (Å²) in [5, 5.41) is 5.68. The number of amides is 1. The standard InChI is InChI=1S/C13H18N2O3/c1-9-4-5-10(13(17)18-3)8-11(9)15-12(16)6-7-14-2/h4-5,8,14H,6-7H2,1-3H3,(H,15,16). The zero-order chi connectivity index (χ0) is 13.5. The highest BCUT2D eigenvalue weighted by Gasteiger charge is 2.09. The summed E-state index contributed by atoms with van der Waals surface area (Å²) < 4.78 is 4.64. The van der Waals surface area contributed by atoms with Crippen LogP contribution in [0.5, 0.6) is 0 Å². The number of anilines is 1. The minimum absolute atomic E-state index is 0.0885. The van der Waals surface area contributed by atoms with Crippen molar-refractivity contribution < 1.29 is 14.3 Å². The molecule has 0 atom stereocenters. The van der Waals surface area contributed by atoms with Crippen molar-refractivity contribution in [1.82, 2.24) is 5.32 Å². The van der Waals surface area contributed by atoms with Crippen molar-refractivity contribution in [3.8, 4) is 0 Å². The second kappa shape index (κ2) is 6.76. The molecular formula is C13H18N2O3. The van der Waals surface area contributed by atoms with E-state index in [0.29, 0.717) is 24.2 Å². The van der Waals surface area contributed by atoms with E-state index in [4.69, 9.17) is 0 Å². The van der Waals surface area contributed by atoms with Gasteiger partial charge in [-0.1, -0.05) is 6.07 Å².